The molecule has 0 bridgehead atoms. The lowest BCUT2D eigenvalue weighted by Gasteiger charge is -2.00. The SMILES string of the molecule is CSC(=CSc1ccc(C)cc1)SC. The van der Waals surface area contributed by atoms with Crippen molar-refractivity contribution >= 4 is 35.3 Å². The maximum Gasteiger partial charge on any atom is 0.0462 e. The molecular formula is C11H14S3. The highest BCUT2D eigenvalue weighted by Gasteiger charge is 1.93. The molecule has 1 rings (SSSR count). The normalized spacial score (nSPS) is 9.93. The van der Waals surface area contributed by atoms with Crippen LogP contribution in [-0.2, 0) is 0 Å². The summed E-state index contributed by atoms with van der Waals surface area (Å²) in [5.41, 5.74) is 1.31. The molecule has 0 saturated heterocycles. The molecule has 1 aromatic carbocycles. The fraction of sp³-hybridized carbons (Fsp3) is 0.273. The van der Waals surface area contributed by atoms with E-state index in [0.29, 0.717) is 0 Å². The predicted molar refractivity (Wildman–Crippen MR) is 72.1 cm³/mol. The molecule has 0 N–H and O–H groups in total. The van der Waals surface area contributed by atoms with Gasteiger partial charge in [0.2, 0.25) is 0 Å². The Kier molecular flexibility index (Phi) is 5.60. The third kappa shape index (κ3) is 4.03. The Morgan fingerprint density at radius 3 is 2.14 bits per heavy atom. The Hall–Kier alpha value is 0.01000. The maximum atomic E-state index is 2.21. The number of aryl methyl sites for hydroxylation is 1. The van der Waals surface area contributed by atoms with Crippen LogP contribution in [0, 0.1) is 6.92 Å². The van der Waals surface area contributed by atoms with Crippen LogP contribution in [0.4, 0.5) is 0 Å². The van der Waals surface area contributed by atoms with E-state index in [0.717, 1.165) is 0 Å². The number of hydrogen-bond donors (Lipinski definition) is 0. The largest absolute Gasteiger partial charge is 0.122 e. The molecule has 76 valence electrons. The van der Waals surface area contributed by atoms with E-state index >= 15 is 0 Å². The van der Waals surface area contributed by atoms with Crippen LogP contribution >= 0.6 is 35.3 Å². The van der Waals surface area contributed by atoms with E-state index < -0.39 is 0 Å². The number of rotatable bonds is 4. The Balaban J connectivity index is 2.60. The van der Waals surface area contributed by atoms with Crippen molar-refractivity contribution in [2.45, 2.75) is 11.8 Å². The Bertz CT molecular complexity index is 295. The van der Waals surface area contributed by atoms with Crippen LogP contribution in [0.15, 0.2) is 38.8 Å². The summed E-state index contributed by atoms with van der Waals surface area (Å²) in [4.78, 5) is 1.30. The van der Waals surface area contributed by atoms with Gasteiger partial charge in [0.1, 0.15) is 0 Å². The third-order valence-corrected chi connectivity index (χ3v) is 4.95. The zero-order valence-corrected chi connectivity index (χ0v) is 11.1. The van der Waals surface area contributed by atoms with Crippen molar-refractivity contribution < 1.29 is 0 Å². The zero-order chi connectivity index (χ0) is 10.4. The molecule has 0 radical (unpaired) electrons. The van der Waals surface area contributed by atoms with Gasteiger partial charge < -0.3 is 0 Å². The Morgan fingerprint density at radius 1 is 1.07 bits per heavy atom. The fourth-order valence-electron chi connectivity index (χ4n) is 0.913. The molecule has 0 aliphatic rings. The first kappa shape index (κ1) is 12.1. The molecule has 0 heterocycles. The van der Waals surface area contributed by atoms with Crippen LogP contribution in [0.2, 0.25) is 0 Å². The molecule has 0 amide bonds. The molecule has 0 aliphatic heterocycles. The fourth-order valence-corrected chi connectivity index (χ4v) is 3.16. The molecule has 0 aromatic heterocycles. The first-order valence-corrected chi connectivity index (χ1v) is 7.60. The smallest absolute Gasteiger partial charge is 0.0462 e. The first-order valence-electron chi connectivity index (χ1n) is 4.27. The first-order chi connectivity index (χ1) is 6.76. The summed E-state index contributed by atoms with van der Waals surface area (Å²) in [6.07, 6.45) is 4.22. The summed E-state index contributed by atoms with van der Waals surface area (Å²) < 4.78 is 1.36. The van der Waals surface area contributed by atoms with Crippen molar-refractivity contribution in [3.8, 4) is 0 Å². The van der Waals surface area contributed by atoms with Crippen LogP contribution in [0.5, 0.6) is 0 Å². The monoisotopic (exact) mass is 242 g/mol. The minimum atomic E-state index is 1.30. The third-order valence-electron chi connectivity index (χ3n) is 1.71. The quantitative estimate of drug-likeness (QED) is 0.708. The van der Waals surface area contributed by atoms with Gasteiger partial charge in [-0.1, -0.05) is 29.5 Å². The van der Waals surface area contributed by atoms with Crippen molar-refractivity contribution in [3.05, 3.63) is 39.5 Å². The Labute approximate surface area is 98.9 Å². The predicted octanol–water partition coefficient (Wildman–Crippen LogP) is 4.61. The number of benzene rings is 1. The maximum absolute atomic E-state index is 2.21. The van der Waals surface area contributed by atoms with E-state index in [-0.39, 0.29) is 0 Å². The van der Waals surface area contributed by atoms with E-state index in [1.807, 2.05) is 0 Å². The minimum Gasteiger partial charge on any atom is -0.122 e. The van der Waals surface area contributed by atoms with E-state index in [9.17, 15) is 0 Å². The second-order valence-corrected chi connectivity index (χ2v) is 5.67. The molecular weight excluding hydrogens is 228 g/mol. The summed E-state index contributed by atoms with van der Waals surface area (Å²) in [7, 11) is 0. The highest BCUT2D eigenvalue weighted by molar-refractivity contribution is 8.22. The summed E-state index contributed by atoms with van der Waals surface area (Å²) in [6, 6.07) is 8.62. The van der Waals surface area contributed by atoms with Gasteiger partial charge in [0, 0.05) is 9.13 Å². The van der Waals surface area contributed by atoms with Crippen molar-refractivity contribution in [1.29, 1.82) is 0 Å². The lowest BCUT2D eigenvalue weighted by molar-refractivity contribution is 1.38. The molecule has 3 heteroatoms. The van der Waals surface area contributed by atoms with E-state index in [2.05, 4.69) is 49.1 Å². The van der Waals surface area contributed by atoms with E-state index in [1.165, 1.54) is 14.7 Å². The average Bonchev–Trinajstić information content (AvgIpc) is 2.22. The van der Waals surface area contributed by atoms with Crippen molar-refractivity contribution in [1.82, 2.24) is 0 Å². The van der Waals surface area contributed by atoms with Gasteiger partial charge in [-0.25, -0.2) is 0 Å². The van der Waals surface area contributed by atoms with Crippen LogP contribution < -0.4 is 0 Å². The standard InChI is InChI=1S/C11H14S3/c1-9-4-6-10(7-5-9)14-8-11(12-2)13-3/h4-8H,1-3H3. The highest BCUT2D eigenvalue weighted by Crippen LogP contribution is 2.29. The molecule has 0 saturated carbocycles. The van der Waals surface area contributed by atoms with E-state index in [4.69, 9.17) is 0 Å². The van der Waals surface area contributed by atoms with Gasteiger partial charge in [0.15, 0.2) is 0 Å². The van der Waals surface area contributed by atoms with Gasteiger partial charge >= 0.3 is 0 Å². The molecule has 0 fully saturated rings. The van der Waals surface area contributed by atoms with Crippen LogP contribution in [-0.4, -0.2) is 12.5 Å². The number of thioether (sulfide) groups is 3. The summed E-state index contributed by atoms with van der Waals surface area (Å²) in [6.45, 7) is 2.11. The van der Waals surface area contributed by atoms with E-state index in [1.54, 1.807) is 35.3 Å². The molecule has 0 spiro atoms. The lowest BCUT2D eigenvalue weighted by Crippen LogP contribution is -1.71. The van der Waals surface area contributed by atoms with Crippen molar-refractivity contribution in [3.63, 3.8) is 0 Å². The second-order valence-electron chi connectivity index (χ2n) is 2.78. The zero-order valence-electron chi connectivity index (χ0n) is 8.61. The average molecular weight is 242 g/mol. The Morgan fingerprint density at radius 2 is 1.64 bits per heavy atom. The molecule has 0 aliphatic carbocycles. The minimum absolute atomic E-state index is 1.30. The highest BCUT2D eigenvalue weighted by atomic mass is 32.2. The van der Waals surface area contributed by atoms with Gasteiger partial charge in [-0.05, 0) is 37.0 Å². The summed E-state index contributed by atoms with van der Waals surface area (Å²) in [5, 5.41) is 2.21. The number of hydrogen-bond acceptors (Lipinski definition) is 3. The van der Waals surface area contributed by atoms with Crippen molar-refractivity contribution in [2.24, 2.45) is 0 Å². The summed E-state index contributed by atoms with van der Waals surface area (Å²) in [5.74, 6) is 0. The van der Waals surface area contributed by atoms with Crippen LogP contribution in [0.3, 0.4) is 0 Å². The van der Waals surface area contributed by atoms with Gasteiger partial charge in [0.25, 0.3) is 0 Å². The van der Waals surface area contributed by atoms with Gasteiger partial charge in [-0.2, -0.15) is 0 Å². The molecule has 1 aromatic rings. The molecule has 0 unspecified atom stereocenters. The van der Waals surface area contributed by atoms with Crippen LogP contribution in [0.25, 0.3) is 0 Å². The molecule has 0 atom stereocenters. The van der Waals surface area contributed by atoms with Gasteiger partial charge in [-0.3, -0.25) is 0 Å². The molecule has 0 nitrogen and oxygen atoms in total. The van der Waals surface area contributed by atoms with Crippen LogP contribution in [0.1, 0.15) is 5.56 Å². The van der Waals surface area contributed by atoms with Gasteiger partial charge in [0.05, 0.1) is 0 Å². The molecule has 14 heavy (non-hydrogen) atoms. The lowest BCUT2D eigenvalue weighted by atomic mass is 10.2. The van der Waals surface area contributed by atoms with Crippen molar-refractivity contribution in [2.75, 3.05) is 12.5 Å². The topological polar surface area (TPSA) is 0 Å². The second kappa shape index (κ2) is 6.49. The van der Waals surface area contributed by atoms with Gasteiger partial charge in [-0.15, -0.1) is 23.5 Å². The summed E-state index contributed by atoms with van der Waals surface area (Å²) >= 11 is 5.37.